The lowest BCUT2D eigenvalue weighted by Gasteiger charge is -2.29. The lowest BCUT2D eigenvalue weighted by Crippen LogP contribution is -2.31. The van der Waals surface area contributed by atoms with Gasteiger partial charge in [-0.1, -0.05) is 60.7 Å². The van der Waals surface area contributed by atoms with E-state index in [1.165, 1.54) is 6.07 Å². The number of rotatable bonds is 6. The van der Waals surface area contributed by atoms with Crippen molar-refractivity contribution in [2.24, 2.45) is 0 Å². The van der Waals surface area contributed by atoms with Crippen LogP contribution in [0.25, 0.3) is 16.7 Å². The van der Waals surface area contributed by atoms with Crippen LogP contribution in [0.5, 0.6) is 0 Å². The first-order valence-corrected chi connectivity index (χ1v) is 11.4. The molecule has 0 radical (unpaired) electrons. The third kappa shape index (κ3) is 5.31. The lowest BCUT2D eigenvalue weighted by molar-refractivity contribution is -0.189. The number of halogens is 3. The summed E-state index contributed by atoms with van der Waals surface area (Å²) in [4.78, 5) is 0. The van der Waals surface area contributed by atoms with Crippen molar-refractivity contribution >= 4 is 5.57 Å². The van der Waals surface area contributed by atoms with Crippen molar-refractivity contribution in [1.82, 2.24) is 0 Å². The largest absolute Gasteiger partial charge is 0.352 e. The fraction of sp³-hybridized carbons (Fsp3) is 0.357. The zero-order chi connectivity index (χ0) is 23.4. The third-order valence-electron chi connectivity index (χ3n) is 6.28. The first-order valence-electron chi connectivity index (χ1n) is 11.4. The van der Waals surface area contributed by atoms with Gasteiger partial charge in [0.05, 0.1) is 13.2 Å². The van der Waals surface area contributed by atoms with Crippen LogP contribution in [0.1, 0.15) is 43.7 Å². The minimum atomic E-state index is -1.68. The minimum Gasteiger partial charge on any atom is -0.352 e. The zero-order valence-electron chi connectivity index (χ0n) is 18.9. The molecule has 0 spiro atoms. The Morgan fingerprint density at radius 1 is 0.909 bits per heavy atom. The maximum absolute atomic E-state index is 14.9. The summed E-state index contributed by atoms with van der Waals surface area (Å²) in [6.07, 6.45) is 5.44. The topological polar surface area (TPSA) is 18.5 Å². The van der Waals surface area contributed by atoms with Gasteiger partial charge in [0.25, 0.3) is 0 Å². The molecule has 2 aromatic carbocycles. The fourth-order valence-corrected chi connectivity index (χ4v) is 4.23. The molecule has 2 aromatic rings. The molecule has 0 amide bonds. The van der Waals surface area contributed by atoms with E-state index >= 15 is 0 Å². The highest BCUT2D eigenvalue weighted by Crippen LogP contribution is 2.34. The van der Waals surface area contributed by atoms with Crippen molar-refractivity contribution in [1.29, 1.82) is 0 Å². The standard InChI is InChI=1S/C28H29F3O2/c1-3-4-5-6-26-32-16-22(17-33-26)23-14-12-21(15-25(23)29)19-8-10-20(11-9-19)24-13-7-18(2)27(30)28(24)31/h3-4,7-15,22,26-28H,5-6,16-17H2,1-2H3/b4-3+. The van der Waals surface area contributed by atoms with Crippen molar-refractivity contribution in [3.8, 4) is 11.1 Å². The monoisotopic (exact) mass is 454 g/mol. The van der Waals surface area contributed by atoms with Gasteiger partial charge in [0.1, 0.15) is 5.82 Å². The Morgan fingerprint density at radius 3 is 2.24 bits per heavy atom. The summed E-state index contributed by atoms with van der Waals surface area (Å²) in [6.45, 7) is 4.41. The number of ether oxygens (including phenoxy) is 2. The summed E-state index contributed by atoms with van der Waals surface area (Å²) in [6, 6.07) is 12.3. The van der Waals surface area contributed by atoms with E-state index in [1.807, 2.05) is 19.1 Å². The van der Waals surface area contributed by atoms with E-state index in [9.17, 15) is 13.2 Å². The molecular formula is C28H29F3O2. The maximum atomic E-state index is 14.9. The predicted molar refractivity (Wildman–Crippen MR) is 126 cm³/mol. The first kappa shape index (κ1) is 23.5. The molecule has 2 nitrogen and oxygen atoms in total. The number of benzene rings is 2. The normalized spacial score (nSPS) is 25.7. The Labute approximate surface area is 193 Å². The van der Waals surface area contributed by atoms with Gasteiger partial charge in [-0.25, -0.2) is 13.2 Å². The van der Waals surface area contributed by atoms with Crippen LogP contribution >= 0.6 is 0 Å². The van der Waals surface area contributed by atoms with E-state index in [4.69, 9.17) is 9.47 Å². The number of hydrogen-bond acceptors (Lipinski definition) is 2. The summed E-state index contributed by atoms with van der Waals surface area (Å²) in [5.41, 5.74) is 3.43. The summed E-state index contributed by atoms with van der Waals surface area (Å²) in [7, 11) is 0. The van der Waals surface area contributed by atoms with Gasteiger partial charge in [-0.15, -0.1) is 0 Å². The first-order chi connectivity index (χ1) is 16.0. The highest BCUT2D eigenvalue weighted by Gasteiger charge is 2.29. The van der Waals surface area contributed by atoms with Gasteiger partial charge >= 0.3 is 0 Å². The highest BCUT2D eigenvalue weighted by atomic mass is 19.2. The molecule has 2 atom stereocenters. The van der Waals surface area contributed by atoms with E-state index in [0.717, 1.165) is 24.0 Å². The summed E-state index contributed by atoms with van der Waals surface area (Å²) >= 11 is 0. The average Bonchev–Trinajstić information content (AvgIpc) is 2.83. The summed E-state index contributed by atoms with van der Waals surface area (Å²) < 4.78 is 54.9. The van der Waals surface area contributed by atoms with Crippen LogP contribution in [0.4, 0.5) is 13.2 Å². The van der Waals surface area contributed by atoms with Gasteiger partial charge in [-0.05, 0) is 59.7 Å². The summed E-state index contributed by atoms with van der Waals surface area (Å²) in [5, 5.41) is 0. The molecule has 1 fully saturated rings. The van der Waals surface area contributed by atoms with Crippen molar-refractivity contribution in [2.45, 2.75) is 51.2 Å². The van der Waals surface area contributed by atoms with Crippen molar-refractivity contribution in [3.05, 3.63) is 89.3 Å². The van der Waals surface area contributed by atoms with Gasteiger partial charge in [-0.3, -0.25) is 0 Å². The second-order valence-electron chi connectivity index (χ2n) is 8.59. The molecular weight excluding hydrogens is 425 g/mol. The van der Waals surface area contributed by atoms with Crippen molar-refractivity contribution in [3.63, 3.8) is 0 Å². The van der Waals surface area contributed by atoms with E-state index in [1.54, 1.807) is 49.4 Å². The molecule has 174 valence electrons. The van der Waals surface area contributed by atoms with Gasteiger partial charge < -0.3 is 9.47 Å². The van der Waals surface area contributed by atoms with Gasteiger partial charge in [0.15, 0.2) is 18.6 Å². The van der Waals surface area contributed by atoms with Crippen LogP contribution < -0.4 is 0 Å². The van der Waals surface area contributed by atoms with Crippen LogP contribution in [0.3, 0.4) is 0 Å². The quantitative estimate of drug-likeness (QED) is 0.426. The van der Waals surface area contributed by atoms with E-state index in [2.05, 4.69) is 6.08 Å². The second-order valence-corrected chi connectivity index (χ2v) is 8.59. The molecule has 0 N–H and O–H groups in total. The Bertz CT molecular complexity index is 1050. The van der Waals surface area contributed by atoms with Crippen molar-refractivity contribution < 1.29 is 22.6 Å². The molecule has 33 heavy (non-hydrogen) atoms. The molecule has 0 aromatic heterocycles. The van der Waals surface area contributed by atoms with Crippen molar-refractivity contribution in [2.75, 3.05) is 13.2 Å². The Balaban J connectivity index is 1.43. The molecule has 2 unspecified atom stereocenters. The lowest BCUT2D eigenvalue weighted by atomic mass is 9.90. The van der Waals surface area contributed by atoms with Crippen LogP contribution in [0, 0.1) is 5.82 Å². The number of hydrogen-bond donors (Lipinski definition) is 0. The summed E-state index contributed by atoms with van der Waals surface area (Å²) in [5.74, 6) is -0.454. The molecule has 1 aliphatic carbocycles. The molecule has 5 heteroatoms. The zero-order valence-corrected chi connectivity index (χ0v) is 18.9. The molecule has 1 heterocycles. The molecule has 0 bridgehead atoms. The molecule has 2 aliphatic rings. The van der Waals surface area contributed by atoms with Gasteiger partial charge in [0, 0.05) is 12.3 Å². The van der Waals surface area contributed by atoms with Crippen LogP contribution in [0.15, 0.2) is 72.3 Å². The predicted octanol–water partition coefficient (Wildman–Crippen LogP) is 7.33. The van der Waals surface area contributed by atoms with Gasteiger partial charge in [-0.2, -0.15) is 0 Å². The SMILES string of the molecule is C/C=C/CCC1OCC(c2ccc(-c3ccc(C4=CC=C(C)C(F)C4F)cc3)cc2F)CO1. The molecule has 0 saturated carbocycles. The number of alkyl halides is 2. The number of allylic oxidation sites excluding steroid dienone is 6. The Kier molecular flexibility index (Phi) is 7.51. The molecule has 1 aliphatic heterocycles. The average molecular weight is 455 g/mol. The van der Waals surface area contributed by atoms with E-state index < -0.39 is 12.3 Å². The maximum Gasteiger partial charge on any atom is 0.161 e. The van der Waals surface area contributed by atoms with Crippen LogP contribution in [-0.4, -0.2) is 31.8 Å². The van der Waals surface area contributed by atoms with E-state index in [-0.39, 0.29) is 18.0 Å². The fourth-order valence-electron chi connectivity index (χ4n) is 4.23. The van der Waals surface area contributed by atoms with E-state index in [0.29, 0.717) is 35.5 Å². The molecule has 4 rings (SSSR count). The Hall–Kier alpha value is -2.63. The molecule has 1 saturated heterocycles. The highest BCUT2D eigenvalue weighted by molar-refractivity contribution is 5.75. The van der Waals surface area contributed by atoms with Gasteiger partial charge in [0.2, 0.25) is 0 Å². The third-order valence-corrected chi connectivity index (χ3v) is 6.28. The Morgan fingerprint density at radius 2 is 1.58 bits per heavy atom. The second kappa shape index (κ2) is 10.5. The minimum absolute atomic E-state index is 0.149. The van der Waals surface area contributed by atoms with Crippen LogP contribution in [0.2, 0.25) is 0 Å². The smallest absolute Gasteiger partial charge is 0.161 e. The van der Waals surface area contributed by atoms with Crippen LogP contribution in [-0.2, 0) is 9.47 Å².